The normalized spacial score (nSPS) is 11.0. The Labute approximate surface area is 155 Å². The second-order valence-corrected chi connectivity index (χ2v) is 7.26. The zero-order valence-corrected chi connectivity index (χ0v) is 15.5. The monoisotopic (exact) mass is 361 g/mol. The van der Waals surface area contributed by atoms with Crippen molar-refractivity contribution in [1.82, 2.24) is 9.97 Å². The van der Waals surface area contributed by atoms with Crippen LogP contribution in [0.5, 0.6) is 0 Å². The smallest absolute Gasteiger partial charge is 0.260 e. The number of anilines is 1. The van der Waals surface area contributed by atoms with Crippen molar-refractivity contribution >= 4 is 27.2 Å². The highest BCUT2D eigenvalue weighted by molar-refractivity contribution is 7.17. The molecule has 0 fully saturated rings. The van der Waals surface area contributed by atoms with Crippen LogP contribution in [-0.4, -0.2) is 17.0 Å². The number of thiophene rings is 1. The summed E-state index contributed by atoms with van der Waals surface area (Å²) in [6, 6.07) is 18.3. The fraction of sp³-hybridized carbons (Fsp3) is 0.143. The molecular weight excluding hydrogens is 342 g/mol. The van der Waals surface area contributed by atoms with E-state index in [0.717, 1.165) is 21.6 Å². The number of rotatable bonds is 4. The molecule has 4 nitrogen and oxygen atoms in total. The van der Waals surface area contributed by atoms with Gasteiger partial charge in [-0.05, 0) is 24.6 Å². The van der Waals surface area contributed by atoms with Crippen LogP contribution in [0, 0.1) is 6.92 Å². The maximum Gasteiger partial charge on any atom is 0.260 e. The first-order valence-corrected chi connectivity index (χ1v) is 9.33. The third kappa shape index (κ3) is 3.13. The minimum Gasteiger partial charge on any atom is -0.367 e. The SMILES string of the molecule is Cc1cccc(-c2csc3nc(CN(C)c4ccccc4)[nH]c(=O)c23)c1. The van der Waals surface area contributed by atoms with Gasteiger partial charge in [-0.1, -0.05) is 48.0 Å². The van der Waals surface area contributed by atoms with Crippen molar-refractivity contribution in [3.63, 3.8) is 0 Å². The van der Waals surface area contributed by atoms with Gasteiger partial charge in [-0.2, -0.15) is 0 Å². The number of para-hydroxylation sites is 1. The fourth-order valence-corrected chi connectivity index (χ4v) is 4.06. The van der Waals surface area contributed by atoms with Gasteiger partial charge in [-0.15, -0.1) is 11.3 Å². The minimum absolute atomic E-state index is 0.0794. The van der Waals surface area contributed by atoms with Gasteiger partial charge in [-0.3, -0.25) is 4.79 Å². The lowest BCUT2D eigenvalue weighted by Gasteiger charge is -2.18. The molecule has 2 aromatic heterocycles. The lowest BCUT2D eigenvalue weighted by Crippen LogP contribution is -2.21. The molecule has 0 unspecified atom stereocenters. The average molecular weight is 361 g/mol. The van der Waals surface area contributed by atoms with Crippen LogP contribution in [0.3, 0.4) is 0 Å². The summed E-state index contributed by atoms with van der Waals surface area (Å²) >= 11 is 1.52. The van der Waals surface area contributed by atoms with Crippen molar-refractivity contribution in [2.24, 2.45) is 0 Å². The first-order chi connectivity index (χ1) is 12.6. The van der Waals surface area contributed by atoms with E-state index in [2.05, 4.69) is 28.9 Å². The predicted molar refractivity (Wildman–Crippen MR) is 109 cm³/mol. The number of hydrogen-bond donors (Lipinski definition) is 1. The summed E-state index contributed by atoms with van der Waals surface area (Å²) in [5, 5.41) is 2.69. The number of aromatic amines is 1. The third-order valence-corrected chi connectivity index (χ3v) is 5.28. The zero-order valence-electron chi connectivity index (χ0n) is 14.7. The van der Waals surface area contributed by atoms with E-state index in [0.29, 0.717) is 17.8 Å². The molecule has 26 heavy (non-hydrogen) atoms. The summed E-state index contributed by atoms with van der Waals surface area (Å²) in [6.07, 6.45) is 0. The highest BCUT2D eigenvalue weighted by Crippen LogP contribution is 2.31. The Hall–Kier alpha value is -2.92. The lowest BCUT2D eigenvalue weighted by molar-refractivity contribution is 0.842. The van der Waals surface area contributed by atoms with E-state index in [1.54, 1.807) is 0 Å². The van der Waals surface area contributed by atoms with Crippen molar-refractivity contribution in [2.75, 3.05) is 11.9 Å². The Balaban J connectivity index is 1.71. The molecule has 5 heteroatoms. The molecule has 0 aliphatic rings. The number of nitrogens with zero attached hydrogens (tertiary/aromatic N) is 2. The van der Waals surface area contributed by atoms with Gasteiger partial charge in [0.2, 0.25) is 0 Å². The molecular formula is C21H19N3OS. The Kier molecular flexibility index (Phi) is 4.31. The maximum atomic E-state index is 12.8. The molecule has 0 aliphatic carbocycles. The molecule has 0 atom stereocenters. The van der Waals surface area contributed by atoms with Crippen LogP contribution < -0.4 is 10.5 Å². The van der Waals surface area contributed by atoms with Crippen LogP contribution in [0.4, 0.5) is 5.69 Å². The molecule has 0 radical (unpaired) electrons. The van der Waals surface area contributed by atoms with Gasteiger partial charge in [0.15, 0.2) is 0 Å². The molecule has 0 aliphatic heterocycles. The second kappa shape index (κ2) is 6.77. The molecule has 0 amide bonds. The van der Waals surface area contributed by atoms with Crippen LogP contribution in [-0.2, 0) is 6.54 Å². The summed E-state index contributed by atoms with van der Waals surface area (Å²) in [4.78, 5) is 23.2. The van der Waals surface area contributed by atoms with Gasteiger partial charge in [0.25, 0.3) is 5.56 Å². The molecule has 0 spiro atoms. The Bertz CT molecular complexity index is 1120. The van der Waals surface area contributed by atoms with Gasteiger partial charge >= 0.3 is 0 Å². The van der Waals surface area contributed by atoms with Crippen molar-refractivity contribution < 1.29 is 0 Å². The number of hydrogen-bond acceptors (Lipinski definition) is 4. The maximum absolute atomic E-state index is 12.8. The highest BCUT2D eigenvalue weighted by atomic mass is 32.1. The fourth-order valence-electron chi connectivity index (χ4n) is 3.09. The molecule has 0 saturated carbocycles. The summed E-state index contributed by atoms with van der Waals surface area (Å²) < 4.78 is 0. The number of benzene rings is 2. The van der Waals surface area contributed by atoms with Gasteiger partial charge in [0.05, 0.1) is 11.9 Å². The molecule has 1 N–H and O–H groups in total. The van der Waals surface area contributed by atoms with Crippen LogP contribution in [0.25, 0.3) is 21.3 Å². The number of aromatic nitrogens is 2. The second-order valence-electron chi connectivity index (χ2n) is 6.40. The van der Waals surface area contributed by atoms with Gasteiger partial charge in [0, 0.05) is 23.7 Å². The van der Waals surface area contributed by atoms with E-state index in [4.69, 9.17) is 4.98 Å². The van der Waals surface area contributed by atoms with Gasteiger partial charge < -0.3 is 9.88 Å². The summed E-state index contributed by atoms with van der Waals surface area (Å²) in [5.74, 6) is 0.673. The van der Waals surface area contributed by atoms with Crippen molar-refractivity contribution in [2.45, 2.75) is 13.5 Å². The summed E-state index contributed by atoms with van der Waals surface area (Å²) in [6.45, 7) is 2.60. The van der Waals surface area contributed by atoms with Crippen molar-refractivity contribution in [3.05, 3.63) is 81.7 Å². The Morgan fingerprint density at radius 3 is 2.69 bits per heavy atom. The summed E-state index contributed by atoms with van der Waals surface area (Å²) in [5.41, 5.74) is 4.18. The number of nitrogens with one attached hydrogen (secondary N) is 1. The van der Waals surface area contributed by atoms with Crippen LogP contribution in [0.1, 0.15) is 11.4 Å². The number of fused-ring (bicyclic) bond motifs is 1. The Morgan fingerprint density at radius 2 is 1.92 bits per heavy atom. The average Bonchev–Trinajstić information content (AvgIpc) is 3.07. The summed E-state index contributed by atoms with van der Waals surface area (Å²) in [7, 11) is 1.99. The van der Waals surface area contributed by atoms with E-state index < -0.39 is 0 Å². The number of H-pyrrole nitrogens is 1. The zero-order chi connectivity index (χ0) is 18.1. The Morgan fingerprint density at radius 1 is 1.12 bits per heavy atom. The lowest BCUT2D eigenvalue weighted by atomic mass is 10.0. The van der Waals surface area contributed by atoms with Crippen LogP contribution >= 0.6 is 11.3 Å². The largest absolute Gasteiger partial charge is 0.367 e. The van der Waals surface area contributed by atoms with E-state index in [1.165, 1.54) is 16.9 Å². The standard InChI is InChI=1S/C21H19N3OS/c1-14-7-6-8-15(11-14)17-13-26-21-19(17)20(25)22-18(23-21)12-24(2)16-9-4-3-5-10-16/h3-11,13H,12H2,1-2H3,(H,22,23,25). The molecule has 4 rings (SSSR count). The van der Waals surface area contributed by atoms with Gasteiger partial charge in [0.1, 0.15) is 10.7 Å². The van der Waals surface area contributed by atoms with Gasteiger partial charge in [-0.25, -0.2) is 4.98 Å². The quantitative estimate of drug-likeness (QED) is 0.578. The topological polar surface area (TPSA) is 49.0 Å². The molecule has 2 heterocycles. The molecule has 130 valence electrons. The number of aryl methyl sites for hydroxylation is 1. The van der Waals surface area contributed by atoms with Crippen molar-refractivity contribution in [3.8, 4) is 11.1 Å². The highest BCUT2D eigenvalue weighted by Gasteiger charge is 2.14. The molecule has 4 aromatic rings. The minimum atomic E-state index is -0.0794. The van der Waals surface area contributed by atoms with E-state index in [1.807, 2.05) is 54.9 Å². The van der Waals surface area contributed by atoms with Crippen LogP contribution in [0.15, 0.2) is 64.8 Å². The van der Waals surface area contributed by atoms with Crippen molar-refractivity contribution in [1.29, 1.82) is 0 Å². The third-order valence-electron chi connectivity index (χ3n) is 4.41. The van der Waals surface area contributed by atoms with E-state index >= 15 is 0 Å². The first-order valence-electron chi connectivity index (χ1n) is 8.45. The molecule has 2 aromatic carbocycles. The van der Waals surface area contributed by atoms with Crippen LogP contribution in [0.2, 0.25) is 0 Å². The van der Waals surface area contributed by atoms with E-state index in [9.17, 15) is 4.79 Å². The first kappa shape index (κ1) is 16.5. The van der Waals surface area contributed by atoms with E-state index in [-0.39, 0.29) is 5.56 Å². The molecule has 0 saturated heterocycles. The molecule has 0 bridgehead atoms. The predicted octanol–water partition coefficient (Wildman–Crippen LogP) is 4.60.